The standard InChI is InChI=1S/C18H19ClN4OS/c1-11(2)17-22-15(10-25-17)12(3)21-14-9-20-23(18(24)16(14)19)13-7-5-4-6-8-13/h4-12,21H,1-3H3. The summed E-state index contributed by atoms with van der Waals surface area (Å²) in [7, 11) is 0. The Labute approximate surface area is 155 Å². The number of nitrogens with one attached hydrogen (secondary N) is 1. The molecule has 5 nitrogen and oxygen atoms in total. The summed E-state index contributed by atoms with van der Waals surface area (Å²) in [5, 5.41) is 10.7. The van der Waals surface area contributed by atoms with E-state index in [1.807, 2.05) is 42.6 Å². The maximum atomic E-state index is 12.5. The van der Waals surface area contributed by atoms with Crippen molar-refractivity contribution in [3.05, 3.63) is 68.0 Å². The molecule has 1 atom stereocenters. The smallest absolute Gasteiger partial charge is 0.292 e. The van der Waals surface area contributed by atoms with Crippen LogP contribution in [-0.4, -0.2) is 14.8 Å². The fraction of sp³-hybridized carbons (Fsp3) is 0.278. The Morgan fingerprint density at radius 3 is 2.56 bits per heavy atom. The Morgan fingerprint density at radius 2 is 1.92 bits per heavy atom. The molecule has 0 aliphatic carbocycles. The first-order chi connectivity index (χ1) is 12.0. The molecule has 1 aromatic carbocycles. The fourth-order valence-corrected chi connectivity index (χ4v) is 3.47. The van der Waals surface area contributed by atoms with Crippen LogP contribution in [0.2, 0.25) is 5.02 Å². The summed E-state index contributed by atoms with van der Waals surface area (Å²) in [6.07, 6.45) is 1.57. The van der Waals surface area contributed by atoms with Crippen LogP contribution in [0, 0.1) is 0 Å². The molecule has 0 aliphatic rings. The molecule has 2 aromatic heterocycles. The molecule has 1 unspecified atom stereocenters. The third kappa shape index (κ3) is 3.75. The minimum Gasteiger partial charge on any atom is -0.374 e. The number of hydrogen-bond donors (Lipinski definition) is 1. The second kappa shape index (κ2) is 7.37. The van der Waals surface area contributed by atoms with Crippen LogP contribution in [0.25, 0.3) is 5.69 Å². The molecular formula is C18H19ClN4OS. The number of anilines is 1. The SMILES string of the molecule is CC(C)c1nc(C(C)Nc2cnn(-c3ccccc3)c(=O)c2Cl)cs1. The number of halogens is 1. The van der Waals surface area contributed by atoms with Gasteiger partial charge in [-0.1, -0.05) is 43.6 Å². The molecule has 0 aliphatic heterocycles. The molecule has 7 heteroatoms. The van der Waals surface area contributed by atoms with E-state index in [-0.39, 0.29) is 16.6 Å². The van der Waals surface area contributed by atoms with Crippen LogP contribution in [0.5, 0.6) is 0 Å². The Hall–Kier alpha value is -2.18. The van der Waals surface area contributed by atoms with Crippen LogP contribution >= 0.6 is 22.9 Å². The third-order valence-electron chi connectivity index (χ3n) is 3.77. The van der Waals surface area contributed by atoms with Gasteiger partial charge in [0.2, 0.25) is 0 Å². The van der Waals surface area contributed by atoms with Gasteiger partial charge < -0.3 is 5.32 Å². The minimum atomic E-state index is -0.355. The molecule has 0 fully saturated rings. The Balaban J connectivity index is 1.86. The van der Waals surface area contributed by atoms with Gasteiger partial charge >= 0.3 is 0 Å². The van der Waals surface area contributed by atoms with Crippen molar-refractivity contribution < 1.29 is 0 Å². The molecule has 0 spiro atoms. The number of thiazole rings is 1. The lowest BCUT2D eigenvalue weighted by Gasteiger charge is -2.15. The maximum absolute atomic E-state index is 12.5. The minimum absolute atomic E-state index is 0.0741. The van der Waals surface area contributed by atoms with E-state index in [4.69, 9.17) is 11.6 Å². The van der Waals surface area contributed by atoms with Crippen molar-refractivity contribution in [3.63, 3.8) is 0 Å². The topological polar surface area (TPSA) is 59.8 Å². The van der Waals surface area contributed by atoms with Gasteiger partial charge in [-0.05, 0) is 19.1 Å². The van der Waals surface area contributed by atoms with Crippen molar-refractivity contribution in [1.29, 1.82) is 0 Å². The van der Waals surface area contributed by atoms with Gasteiger partial charge in [0.15, 0.2) is 0 Å². The average molecular weight is 375 g/mol. The van der Waals surface area contributed by atoms with Crippen LogP contribution < -0.4 is 10.9 Å². The van der Waals surface area contributed by atoms with Gasteiger partial charge in [-0.2, -0.15) is 9.78 Å². The van der Waals surface area contributed by atoms with E-state index < -0.39 is 0 Å². The van der Waals surface area contributed by atoms with Crippen molar-refractivity contribution in [2.24, 2.45) is 0 Å². The molecule has 3 aromatic rings. The molecule has 0 saturated carbocycles. The van der Waals surface area contributed by atoms with Crippen LogP contribution in [0.4, 0.5) is 5.69 Å². The summed E-state index contributed by atoms with van der Waals surface area (Å²) in [6, 6.07) is 9.12. The van der Waals surface area contributed by atoms with Gasteiger partial charge in [-0.25, -0.2) is 4.98 Å². The van der Waals surface area contributed by atoms with Crippen molar-refractivity contribution in [3.8, 4) is 5.69 Å². The average Bonchev–Trinajstić information content (AvgIpc) is 3.10. The lowest BCUT2D eigenvalue weighted by molar-refractivity contribution is 0.785. The van der Waals surface area contributed by atoms with E-state index in [0.717, 1.165) is 10.7 Å². The summed E-state index contributed by atoms with van der Waals surface area (Å²) < 4.78 is 1.29. The number of aromatic nitrogens is 3. The van der Waals surface area contributed by atoms with Crippen molar-refractivity contribution in [2.75, 3.05) is 5.32 Å². The zero-order valence-electron chi connectivity index (χ0n) is 14.2. The van der Waals surface area contributed by atoms with Gasteiger partial charge in [0.25, 0.3) is 5.56 Å². The van der Waals surface area contributed by atoms with E-state index in [0.29, 0.717) is 17.3 Å². The van der Waals surface area contributed by atoms with Crippen molar-refractivity contribution >= 4 is 28.6 Å². The zero-order chi connectivity index (χ0) is 18.0. The van der Waals surface area contributed by atoms with Gasteiger partial charge in [0.1, 0.15) is 5.02 Å². The molecule has 0 saturated heterocycles. The zero-order valence-corrected chi connectivity index (χ0v) is 15.8. The highest BCUT2D eigenvalue weighted by molar-refractivity contribution is 7.09. The fourth-order valence-electron chi connectivity index (χ4n) is 2.36. The Kier molecular flexibility index (Phi) is 5.20. The van der Waals surface area contributed by atoms with Gasteiger partial charge in [-0.3, -0.25) is 4.79 Å². The molecule has 0 radical (unpaired) electrons. The largest absolute Gasteiger partial charge is 0.374 e. The maximum Gasteiger partial charge on any atom is 0.292 e. The van der Waals surface area contributed by atoms with E-state index in [2.05, 4.69) is 29.2 Å². The van der Waals surface area contributed by atoms with Gasteiger partial charge in [-0.15, -0.1) is 11.3 Å². The molecule has 0 amide bonds. The number of benzene rings is 1. The molecule has 130 valence electrons. The summed E-state index contributed by atoms with van der Waals surface area (Å²) in [5.74, 6) is 0.394. The van der Waals surface area contributed by atoms with E-state index in [1.165, 1.54) is 4.68 Å². The van der Waals surface area contributed by atoms with Crippen LogP contribution in [0.1, 0.15) is 43.4 Å². The molecule has 0 bridgehead atoms. The quantitative estimate of drug-likeness (QED) is 0.706. The molecule has 3 rings (SSSR count). The molecular weight excluding hydrogens is 356 g/mol. The number of para-hydroxylation sites is 1. The Morgan fingerprint density at radius 1 is 1.20 bits per heavy atom. The second-order valence-corrected chi connectivity index (χ2v) is 7.32. The predicted octanol–water partition coefficient (Wildman–Crippen LogP) is 4.64. The summed E-state index contributed by atoms with van der Waals surface area (Å²) in [5.41, 5.74) is 1.75. The van der Waals surface area contributed by atoms with Crippen LogP contribution in [0.15, 0.2) is 46.7 Å². The first-order valence-corrected chi connectivity index (χ1v) is 9.28. The number of nitrogens with zero attached hydrogens (tertiary/aromatic N) is 3. The lowest BCUT2D eigenvalue weighted by atomic mass is 10.2. The second-order valence-electron chi connectivity index (χ2n) is 6.06. The first-order valence-electron chi connectivity index (χ1n) is 8.02. The van der Waals surface area contributed by atoms with Crippen LogP contribution in [0.3, 0.4) is 0 Å². The van der Waals surface area contributed by atoms with E-state index >= 15 is 0 Å². The van der Waals surface area contributed by atoms with Gasteiger partial charge in [0, 0.05) is 11.3 Å². The number of hydrogen-bond acceptors (Lipinski definition) is 5. The molecule has 1 N–H and O–H groups in total. The monoisotopic (exact) mass is 374 g/mol. The highest BCUT2D eigenvalue weighted by atomic mass is 35.5. The number of rotatable bonds is 5. The van der Waals surface area contributed by atoms with E-state index in [9.17, 15) is 4.79 Å². The normalized spacial score (nSPS) is 12.4. The lowest BCUT2D eigenvalue weighted by Crippen LogP contribution is -2.23. The molecule has 2 heterocycles. The van der Waals surface area contributed by atoms with E-state index in [1.54, 1.807) is 17.5 Å². The van der Waals surface area contributed by atoms with Crippen molar-refractivity contribution in [2.45, 2.75) is 32.7 Å². The predicted molar refractivity (Wildman–Crippen MR) is 103 cm³/mol. The first kappa shape index (κ1) is 17.6. The van der Waals surface area contributed by atoms with Crippen molar-refractivity contribution in [1.82, 2.24) is 14.8 Å². The van der Waals surface area contributed by atoms with Crippen LogP contribution in [-0.2, 0) is 0 Å². The molecule has 25 heavy (non-hydrogen) atoms. The third-order valence-corrected chi connectivity index (χ3v) is 5.30. The summed E-state index contributed by atoms with van der Waals surface area (Å²) in [4.78, 5) is 17.1. The highest BCUT2D eigenvalue weighted by Gasteiger charge is 2.16. The summed E-state index contributed by atoms with van der Waals surface area (Å²) >= 11 is 7.92. The van der Waals surface area contributed by atoms with Gasteiger partial charge in [0.05, 0.1) is 34.3 Å². The highest BCUT2D eigenvalue weighted by Crippen LogP contribution is 2.26. The summed E-state index contributed by atoms with van der Waals surface area (Å²) in [6.45, 7) is 6.22. The Bertz CT molecular complexity index is 920.